The van der Waals surface area contributed by atoms with E-state index in [0.717, 1.165) is 16.8 Å². The molecule has 8 nitrogen and oxygen atoms in total. The van der Waals surface area contributed by atoms with Gasteiger partial charge in [-0.15, -0.1) is 0 Å². The van der Waals surface area contributed by atoms with Gasteiger partial charge in [0.25, 0.3) is 5.91 Å². The second-order valence-corrected chi connectivity index (χ2v) is 7.22. The van der Waals surface area contributed by atoms with Gasteiger partial charge in [0.15, 0.2) is 0 Å². The number of hydrogen-bond donors (Lipinski definition) is 5. The molecule has 1 aliphatic rings. The van der Waals surface area contributed by atoms with Crippen molar-refractivity contribution in [3.63, 3.8) is 0 Å². The number of aromatic hydroxyl groups is 1. The summed E-state index contributed by atoms with van der Waals surface area (Å²) >= 11 is 0. The smallest absolute Gasteiger partial charge is 0.251 e. The van der Waals surface area contributed by atoms with Gasteiger partial charge in [-0.25, -0.2) is 4.98 Å². The predicted molar refractivity (Wildman–Crippen MR) is 113 cm³/mol. The van der Waals surface area contributed by atoms with Gasteiger partial charge in [-0.1, -0.05) is 6.07 Å². The average molecular weight is 405 g/mol. The number of nitrogens with zero attached hydrogens (tertiary/aromatic N) is 2. The van der Waals surface area contributed by atoms with Crippen molar-refractivity contribution < 1.29 is 15.0 Å². The van der Waals surface area contributed by atoms with E-state index in [-0.39, 0.29) is 24.2 Å². The van der Waals surface area contributed by atoms with Gasteiger partial charge in [0, 0.05) is 37.1 Å². The zero-order valence-corrected chi connectivity index (χ0v) is 16.2. The summed E-state index contributed by atoms with van der Waals surface area (Å²) in [6.45, 7) is 0.685. The van der Waals surface area contributed by atoms with E-state index in [4.69, 9.17) is 0 Å². The number of aliphatic hydroxyl groups excluding tert-OH is 1. The Morgan fingerprint density at radius 3 is 2.93 bits per heavy atom. The summed E-state index contributed by atoms with van der Waals surface area (Å²) in [6, 6.07) is 12.0. The molecule has 2 atom stereocenters. The molecule has 3 heterocycles. The largest absolute Gasteiger partial charge is 0.508 e. The molecule has 30 heavy (non-hydrogen) atoms. The van der Waals surface area contributed by atoms with Crippen LogP contribution >= 0.6 is 0 Å². The molecule has 154 valence electrons. The fourth-order valence-electron chi connectivity index (χ4n) is 3.46. The van der Waals surface area contributed by atoms with Crippen LogP contribution in [0.3, 0.4) is 0 Å². The van der Waals surface area contributed by atoms with Crippen molar-refractivity contribution in [1.29, 1.82) is 0 Å². The molecule has 3 aromatic rings. The highest BCUT2D eigenvalue weighted by molar-refractivity contribution is 5.94. The lowest BCUT2D eigenvalue weighted by Gasteiger charge is -2.30. The number of amides is 1. The van der Waals surface area contributed by atoms with E-state index in [2.05, 4.69) is 25.9 Å². The van der Waals surface area contributed by atoms with Crippen LogP contribution in [0.1, 0.15) is 21.5 Å². The lowest BCUT2D eigenvalue weighted by molar-refractivity contribution is 0.0870. The molecule has 0 saturated heterocycles. The standard InChI is InChI=1S/C22H23N5O3/c28-18-4-3-14-9-19(25-11-16(14)8-18)20(29)13-26-22(30)15-5-7-24-21(10-15)27-17-2-1-6-23-12-17/h1-8,10,12,19-20,25,28-29H,9,11,13H2,(H,24,27)(H,26,30)/t19-,20+/m0/s1. The highest BCUT2D eigenvalue weighted by Gasteiger charge is 2.25. The Labute approximate surface area is 174 Å². The quantitative estimate of drug-likeness (QED) is 0.424. The zero-order valence-electron chi connectivity index (χ0n) is 16.2. The highest BCUT2D eigenvalue weighted by Crippen LogP contribution is 2.22. The Hall–Kier alpha value is -3.49. The molecule has 4 rings (SSSR count). The van der Waals surface area contributed by atoms with Gasteiger partial charge in [0.05, 0.1) is 18.0 Å². The topological polar surface area (TPSA) is 119 Å². The number of aliphatic hydroxyl groups is 1. The number of benzene rings is 1. The monoisotopic (exact) mass is 405 g/mol. The summed E-state index contributed by atoms with van der Waals surface area (Å²) in [5, 5.41) is 29.3. The van der Waals surface area contributed by atoms with Gasteiger partial charge in [-0.05, 0) is 53.9 Å². The summed E-state index contributed by atoms with van der Waals surface area (Å²) in [6.07, 6.45) is 4.78. The van der Waals surface area contributed by atoms with E-state index in [1.165, 1.54) is 0 Å². The molecular weight excluding hydrogens is 382 g/mol. The fourth-order valence-corrected chi connectivity index (χ4v) is 3.46. The van der Waals surface area contributed by atoms with Gasteiger partial charge in [-0.3, -0.25) is 9.78 Å². The third kappa shape index (κ3) is 4.73. The van der Waals surface area contributed by atoms with E-state index in [1.54, 1.807) is 48.9 Å². The molecule has 8 heteroatoms. The minimum absolute atomic E-state index is 0.123. The first-order valence-corrected chi connectivity index (χ1v) is 9.72. The van der Waals surface area contributed by atoms with Crippen molar-refractivity contribution in [1.82, 2.24) is 20.6 Å². The minimum atomic E-state index is -0.745. The summed E-state index contributed by atoms with van der Waals surface area (Å²) < 4.78 is 0. The van der Waals surface area contributed by atoms with E-state index >= 15 is 0 Å². The van der Waals surface area contributed by atoms with E-state index < -0.39 is 6.10 Å². The molecule has 0 aliphatic carbocycles. The van der Waals surface area contributed by atoms with Gasteiger partial charge in [0.1, 0.15) is 11.6 Å². The predicted octanol–water partition coefficient (Wildman–Crippen LogP) is 1.73. The second kappa shape index (κ2) is 8.89. The van der Waals surface area contributed by atoms with Crippen LogP contribution in [0.25, 0.3) is 0 Å². The number of aromatic nitrogens is 2. The van der Waals surface area contributed by atoms with Crippen molar-refractivity contribution >= 4 is 17.4 Å². The number of phenols is 1. The Bertz CT molecular complexity index is 1030. The van der Waals surface area contributed by atoms with Crippen LogP contribution in [0.15, 0.2) is 61.1 Å². The number of carbonyl (C=O) groups is 1. The van der Waals surface area contributed by atoms with E-state index in [1.807, 2.05) is 12.1 Å². The number of fused-ring (bicyclic) bond motifs is 1. The minimum Gasteiger partial charge on any atom is -0.508 e. The van der Waals surface area contributed by atoms with Crippen molar-refractivity contribution in [2.45, 2.75) is 25.1 Å². The maximum Gasteiger partial charge on any atom is 0.251 e. The molecule has 0 spiro atoms. The SMILES string of the molecule is O=C(NC[C@@H](O)[C@@H]1Cc2ccc(O)cc2CN1)c1ccnc(Nc2cccnc2)c1. The van der Waals surface area contributed by atoms with Gasteiger partial charge >= 0.3 is 0 Å². The first-order chi connectivity index (χ1) is 14.6. The molecule has 1 aliphatic heterocycles. The van der Waals surface area contributed by atoms with Crippen LogP contribution in [-0.2, 0) is 13.0 Å². The third-order valence-corrected chi connectivity index (χ3v) is 5.08. The number of carbonyl (C=O) groups excluding carboxylic acids is 1. The Balaban J connectivity index is 1.33. The van der Waals surface area contributed by atoms with Crippen LogP contribution in [0.5, 0.6) is 5.75 Å². The second-order valence-electron chi connectivity index (χ2n) is 7.22. The summed E-state index contributed by atoms with van der Waals surface area (Å²) in [4.78, 5) is 20.8. The number of hydrogen-bond acceptors (Lipinski definition) is 7. The van der Waals surface area contributed by atoms with Crippen LogP contribution in [-0.4, -0.2) is 44.8 Å². The molecule has 2 aromatic heterocycles. The molecule has 0 bridgehead atoms. The summed E-state index contributed by atoms with van der Waals surface area (Å²) in [7, 11) is 0. The van der Waals surface area contributed by atoms with Gasteiger partial charge < -0.3 is 26.2 Å². The maximum atomic E-state index is 12.5. The third-order valence-electron chi connectivity index (χ3n) is 5.08. The molecule has 1 amide bonds. The fraction of sp³-hybridized carbons (Fsp3) is 0.227. The number of nitrogens with one attached hydrogen (secondary N) is 3. The van der Waals surface area contributed by atoms with Crippen LogP contribution in [0, 0.1) is 0 Å². The molecule has 0 saturated carbocycles. The van der Waals surface area contributed by atoms with E-state index in [0.29, 0.717) is 24.3 Å². The Kier molecular flexibility index (Phi) is 5.87. The Morgan fingerprint density at radius 2 is 2.10 bits per heavy atom. The number of anilines is 2. The molecule has 0 unspecified atom stereocenters. The van der Waals surface area contributed by atoms with Crippen molar-refractivity contribution in [3.05, 3.63) is 77.7 Å². The van der Waals surface area contributed by atoms with Crippen molar-refractivity contribution in [2.24, 2.45) is 0 Å². The highest BCUT2D eigenvalue weighted by atomic mass is 16.3. The maximum absolute atomic E-state index is 12.5. The van der Waals surface area contributed by atoms with Crippen molar-refractivity contribution in [2.75, 3.05) is 11.9 Å². The molecule has 5 N–H and O–H groups in total. The van der Waals surface area contributed by atoms with Gasteiger partial charge in [0.2, 0.25) is 0 Å². The molecular formula is C22H23N5O3. The van der Waals surface area contributed by atoms with Crippen molar-refractivity contribution in [3.8, 4) is 5.75 Å². The first-order valence-electron chi connectivity index (χ1n) is 9.72. The zero-order chi connectivity index (χ0) is 20.9. The Morgan fingerprint density at radius 1 is 1.20 bits per heavy atom. The van der Waals surface area contributed by atoms with Crippen LogP contribution in [0.2, 0.25) is 0 Å². The lowest BCUT2D eigenvalue weighted by atomic mass is 9.92. The molecule has 1 aromatic carbocycles. The number of pyridine rings is 2. The van der Waals surface area contributed by atoms with Crippen LogP contribution < -0.4 is 16.0 Å². The summed E-state index contributed by atoms with van der Waals surface area (Å²) in [5.74, 6) is 0.480. The molecule has 0 fully saturated rings. The summed E-state index contributed by atoms with van der Waals surface area (Å²) in [5.41, 5.74) is 3.33. The van der Waals surface area contributed by atoms with Gasteiger partial charge in [-0.2, -0.15) is 0 Å². The first kappa shape index (κ1) is 19.8. The van der Waals surface area contributed by atoms with Crippen LogP contribution in [0.4, 0.5) is 11.5 Å². The number of rotatable bonds is 6. The average Bonchev–Trinajstić information content (AvgIpc) is 2.77. The normalized spacial score (nSPS) is 16.4. The molecule has 0 radical (unpaired) electrons. The lowest BCUT2D eigenvalue weighted by Crippen LogP contribution is -2.49. The number of phenolic OH excluding ortho intramolecular Hbond substituents is 1. The van der Waals surface area contributed by atoms with E-state index in [9.17, 15) is 15.0 Å².